The van der Waals surface area contributed by atoms with E-state index >= 15 is 0 Å². The summed E-state index contributed by atoms with van der Waals surface area (Å²) in [4.78, 5) is 22.6. The third-order valence-electron chi connectivity index (χ3n) is 2.45. The second kappa shape index (κ2) is 7.22. The van der Waals surface area contributed by atoms with E-state index in [1.807, 2.05) is 20.8 Å². The van der Waals surface area contributed by atoms with E-state index in [1.54, 1.807) is 7.05 Å². The monoisotopic (exact) mass is 230 g/mol. The SMILES string of the molecule is CCCC(NC(=O)C(NC)C(C)C)C(=O)O. The van der Waals surface area contributed by atoms with Crippen LogP contribution in [0.4, 0.5) is 0 Å². The summed E-state index contributed by atoms with van der Waals surface area (Å²) in [5.41, 5.74) is 0. The van der Waals surface area contributed by atoms with E-state index in [0.717, 1.165) is 6.42 Å². The zero-order valence-corrected chi connectivity index (χ0v) is 10.4. The number of carbonyl (C=O) groups is 2. The molecule has 0 radical (unpaired) electrons. The Labute approximate surface area is 96.6 Å². The van der Waals surface area contributed by atoms with E-state index in [9.17, 15) is 9.59 Å². The number of rotatable bonds is 7. The van der Waals surface area contributed by atoms with E-state index in [1.165, 1.54) is 0 Å². The number of hydrogen-bond acceptors (Lipinski definition) is 3. The van der Waals surface area contributed by atoms with Crippen LogP contribution in [0.25, 0.3) is 0 Å². The van der Waals surface area contributed by atoms with Gasteiger partial charge in [0.1, 0.15) is 6.04 Å². The Hall–Kier alpha value is -1.10. The molecule has 0 aliphatic heterocycles. The molecule has 5 heteroatoms. The van der Waals surface area contributed by atoms with Crippen molar-refractivity contribution in [3.8, 4) is 0 Å². The van der Waals surface area contributed by atoms with Crippen LogP contribution in [0.2, 0.25) is 0 Å². The van der Waals surface area contributed by atoms with Gasteiger partial charge in [-0.15, -0.1) is 0 Å². The maximum atomic E-state index is 11.8. The average Bonchev–Trinajstić information content (AvgIpc) is 2.17. The summed E-state index contributed by atoms with van der Waals surface area (Å²) in [6.45, 7) is 5.72. The van der Waals surface area contributed by atoms with Gasteiger partial charge in [0.05, 0.1) is 6.04 Å². The molecule has 5 nitrogen and oxygen atoms in total. The number of aliphatic carboxylic acids is 1. The second-order valence-corrected chi connectivity index (χ2v) is 4.20. The summed E-state index contributed by atoms with van der Waals surface area (Å²) >= 11 is 0. The van der Waals surface area contributed by atoms with Crippen molar-refractivity contribution in [3.05, 3.63) is 0 Å². The van der Waals surface area contributed by atoms with Gasteiger partial charge in [-0.2, -0.15) is 0 Å². The predicted molar refractivity (Wildman–Crippen MR) is 62.2 cm³/mol. The molecular weight excluding hydrogens is 208 g/mol. The van der Waals surface area contributed by atoms with Crippen molar-refractivity contribution < 1.29 is 14.7 Å². The van der Waals surface area contributed by atoms with Crippen molar-refractivity contribution in [2.75, 3.05) is 7.05 Å². The molecule has 16 heavy (non-hydrogen) atoms. The lowest BCUT2D eigenvalue weighted by atomic mass is 10.0. The second-order valence-electron chi connectivity index (χ2n) is 4.20. The minimum Gasteiger partial charge on any atom is -0.480 e. The molecule has 0 bridgehead atoms. The van der Waals surface area contributed by atoms with Crippen molar-refractivity contribution in [2.45, 2.75) is 45.7 Å². The standard InChI is InChI=1S/C11H22N2O3/c1-5-6-8(11(15)16)13-10(14)9(12-4)7(2)3/h7-9,12H,5-6H2,1-4H3,(H,13,14)(H,15,16). The topological polar surface area (TPSA) is 78.4 Å². The minimum absolute atomic E-state index is 0.126. The minimum atomic E-state index is -0.978. The van der Waals surface area contributed by atoms with Crippen molar-refractivity contribution in [3.63, 3.8) is 0 Å². The van der Waals surface area contributed by atoms with Crippen molar-refractivity contribution >= 4 is 11.9 Å². The van der Waals surface area contributed by atoms with Gasteiger partial charge in [-0.05, 0) is 19.4 Å². The fraction of sp³-hybridized carbons (Fsp3) is 0.818. The lowest BCUT2D eigenvalue weighted by Gasteiger charge is -2.22. The molecule has 0 aliphatic rings. The Morgan fingerprint density at radius 1 is 1.31 bits per heavy atom. The fourth-order valence-corrected chi connectivity index (χ4v) is 1.57. The number of carbonyl (C=O) groups excluding carboxylic acids is 1. The van der Waals surface area contributed by atoms with Crippen LogP contribution in [-0.2, 0) is 9.59 Å². The first kappa shape index (κ1) is 14.9. The number of amides is 1. The van der Waals surface area contributed by atoms with Crippen LogP contribution in [0.1, 0.15) is 33.6 Å². The third-order valence-corrected chi connectivity index (χ3v) is 2.45. The van der Waals surface area contributed by atoms with E-state index < -0.39 is 12.0 Å². The normalized spacial score (nSPS) is 14.6. The smallest absolute Gasteiger partial charge is 0.326 e. The molecule has 0 heterocycles. The van der Waals surface area contributed by atoms with Gasteiger partial charge >= 0.3 is 5.97 Å². The molecule has 0 aromatic carbocycles. The summed E-state index contributed by atoms with van der Waals surface area (Å²) in [6, 6.07) is -1.13. The number of carboxylic acids is 1. The maximum absolute atomic E-state index is 11.8. The Balaban J connectivity index is 4.43. The van der Waals surface area contributed by atoms with Crippen LogP contribution in [0, 0.1) is 5.92 Å². The molecule has 2 unspecified atom stereocenters. The fourth-order valence-electron chi connectivity index (χ4n) is 1.57. The Morgan fingerprint density at radius 3 is 2.19 bits per heavy atom. The number of hydrogen-bond donors (Lipinski definition) is 3. The van der Waals surface area contributed by atoms with Gasteiger partial charge in [-0.25, -0.2) is 4.79 Å². The molecule has 3 N–H and O–H groups in total. The number of carboxylic acid groups (broad SMARTS) is 1. The molecule has 0 aromatic rings. The highest BCUT2D eigenvalue weighted by molar-refractivity contribution is 5.87. The maximum Gasteiger partial charge on any atom is 0.326 e. The predicted octanol–water partition coefficient (Wildman–Crippen LogP) is 0.600. The van der Waals surface area contributed by atoms with Crippen LogP contribution in [0.3, 0.4) is 0 Å². The van der Waals surface area contributed by atoms with Gasteiger partial charge < -0.3 is 15.7 Å². The Kier molecular flexibility index (Phi) is 6.72. The van der Waals surface area contributed by atoms with Gasteiger partial charge in [-0.3, -0.25) is 4.79 Å². The lowest BCUT2D eigenvalue weighted by Crippen LogP contribution is -2.51. The first-order chi connectivity index (χ1) is 7.43. The summed E-state index contributed by atoms with van der Waals surface area (Å²) in [5.74, 6) is -1.10. The molecule has 1 amide bonds. The number of nitrogens with one attached hydrogen (secondary N) is 2. The van der Waals surface area contributed by atoms with Crippen LogP contribution >= 0.6 is 0 Å². The largest absolute Gasteiger partial charge is 0.480 e. The van der Waals surface area contributed by atoms with E-state index in [0.29, 0.717) is 6.42 Å². The van der Waals surface area contributed by atoms with Gasteiger partial charge in [0, 0.05) is 0 Å². The highest BCUT2D eigenvalue weighted by Gasteiger charge is 2.25. The lowest BCUT2D eigenvalue weighted by molar-refractivity contribution is -0.142. The Morgan fingerprint density at radius 2 is 1.88 bits per heavy atom. The molecule has 0 aromatic heterocycles. The summed E-state index contributed by atoms with van der Waals surface area (Å²) < 4.78 is 0. The molecule has 2 atom stereocenters. The first-order valence-electron chi connectivity index (χ1n) is 5.64. The molecule has 0 aliphatic carbocycles. The molecule has 0 fully saturated rings. The van der Waals surface area contributed by atoms with Gasteiger partial charge in [0.25, 0.3) is 0 Å². The van der Waals surface area contributed by atoms with E-state index in [4.69, 9.17) is 5.11 Å². The van der Waals surface area contributed by atoms with Crippen LogP contribution in [-0.4, -0.2) is 36.1 Å². The van der Waals surface area contributed by atoms with Crippen molar-refractivity contribution in [2.24, 2.45) is 5.92 Å². The Bertz CT molecular complexity index is 241. The zero-order valence-electron chi connectivity index (χ0n) is 10.4. The third kappa shape index (κ3) is 4.61. The molecule has 0 rings (SSSR count). The van der Waals surface area contributed by atoms with E-state index in [-0.39, 0.29) is 17.9 Å². The van der Waals surface area contributed by atoms with Crippen molar-refractivity contribution in [1.82, 2.24) is 10.6 Å². The van der Waals surface area contributed by atoms with Gasteiger partial charge in [0.15, 0.2) is 0 Å². The number of likely N-dealkylation sites (N-methyl/N-ethyl adjacent to an activating group) is 1. The summed E-state index contributed by atoms with van der Waals surface area (Å²) in [7, 11) is 1.69. The first-order valence-corrected chi connectivity index (χ1v) is 5.64. The zero-order chi connectivity index (χ0) is 12.7. The molecule has 0 spiro atoms. The highest BCUT2D eigenvalue weighted by atomic mass is 16.4. The molecule has 94 valence electrons. The molecule has 0 saturated heterocycles. The average molecular weight is 230 g/mol. The summed E-state index contributed by atoms with van der Waals surface area (Å²) in [6.07, 6.45) is 1.18. The molecular formula is C11H22N2O3. The summed E-state index contributed by atoms with van der Waals surface area (Å²) in [5, 5.41) is 14.3. The van der Waals surface area contributed by atoms with Gasteiger partial charge in [-0.1, -0.05) is 27.2 Å². The van der Waals surface area contributed by atoms with Gasteiger partial charge in [0.2, 0.25) is 5.91 Å². The van der Waals surface area contributed by atoms with Crippen LogP contribution < -0.4 is 10.6 Å². The van der Waals surface area contributed by atoms with Crippen molar-refractivity contribution in [1.29, 1.82) is 0 Å². The highest BCUT2D eigenvalue weighted by Crippen LogP contribution is 2.03. The molecule has 0 saturated carbocycles. The van der Waals surface area contributed by atoms with Crippen LogP contribution in [0.15, 0.2) is 0 Å². The quantitative estimate of drug-likeness (QED) is 0.598. The van der Waals surface area contributed by atoms with E-state index in [2.05, 4.69) is 10.6 Å². The van der Waals surface area contributed by atoms with Crippen LogP contribution in [0.5, 0.6) is 0 Å².